The minimum atomic E-state index is -0.539. The van der Waals surface area contributed by atoms with E-state index >= 15 is 0 Å². The molecule has 1 fully saturated rings. The molecule has 0 atom stereocenters. The van der Waals surface area contributed by atoms with Crippen LogP contribution in [0.25, 0.3) is 0 Å². The fraction of sp³-hybridized carbons (Fsp3) is 0.400. The maximum atomic E-state index is 10.9. The quantitative estimate of drug-likeness (QED) is 0.559. The maximum absolute atomic E-state index is 10.9. The summed E-state index contributed by atoms with van der Waals surface area (Å²) in [7, 11) is 0. The standard InChI is InChI=1S/C5H5NO3S2/c1-3(7)9-6-4(8)2-11-5(6)10/h2H2,1H3. The highest BCUT2D eigenvalue weighted by atomic mass is 32.2. The number of thiocarbonyl (C=S) groups is 1. The van der Waals surface area contributed by atoms with E-state index in [1.165, 1.54) is 18.7 Å². The molecule has 0 radical (unpaired) electrons. The van der Waals surface area contributed by atoms with E-state index in [9.17, 15) is 9.59 Å². The molecule has 60 valence electrons. The lowest BCUT2D eigenvalue weighted by Gasteiger charge is -2.11. The first-order chi connectivity index (χ1) is 5.11. The number of rotatable bonds is 1. The summed E-state index contributed by atoms with van der Waals surface area (Å²) in [6, 6.07) is 0. The van der Waals surface area contributed by atoms with Crippen LogP contribution in [-0.2, 0) is 14.4 Å². The number of carbonyl (C=O) groups is 2. The van der Waals surface area contributed by atoms with E-state index in [0.717, 1.165) is 5.06 Å². The Morgan fingerprint density at radius 3 is 2.82 bits per heavy atom. The Hall–Kier alpha value is -0.620. The first-order valence-corrected chi connectivity index (χ1v) is 4.19. The molecule has 6 heteroatoms. The largest absolute Gasteiger partial charge is 0.332 e. The molecule has 11 heavy (non-hydrogen) atoms. The highest BCUT2D eigenvalue weighted by molar-refractivity contribution is 8.23. The molecule has 1 saturated heterocycles. The normalized spacial score (nSPS) is 17.4. The summed E-state index contributed by atoms with van der Waals surface area (Å²) in [6.07, 6.45) is 0. The summed E-state index contributed by atoms with van der Waals surface area (Å²) in [6.45, 7) is 1.22. The van der Waals surface area contributed by atoms with Crippen molar-refractivity contribution in [3.05, 3.63) is 0 Å². The van der Waals surface area contributed by atoms with Crippen LogP contribution in [0.3, 0.4) is 0 Å². The molecule has 1 aliphatic heterocycles. The van der Waals surface area contributed by atoms with Gasteiger partial charge in [0.2, 0.25) is 0 Å². The van der Waals surface area contributed by atoms with Gasteiger partial charge in [-0.05, 0) is 12.2 Å². The number of hydrogen-bond donors (Lipinski definition) is 0. The van der Waals surface area contributed by atoms with Crippen molar-refractivity contribution in [1.29, 1.82) is 0 Å². The zero-order valence-electron chi connectivity index (χ0n) is 5.70. The zero-order chi connectivity index (χ0) is 8.43. The van der Waals surface area contributed by atoms with Crippen LogP contribution in [0.5, 0.6) is 0 Å². The Bertz CT molecular complexity index is 212. The lowest BCUT2D eigenvalue weighted by Crippen LogP contribution is -2.30. The highest BCUT2D eigenvalue weighted by Gasteiger charge is 2.29. The molecule has 0 spiro atoms. The van der Waals surface area contributed by atoms with Crippen molar-refractivity contribution in [2.75, 3.05) is 5.75 Å². The Morgan fingerprint density at radius 1 is 1.82 bits per heavy atom. The molecule has 1 amide bonds. The SMILES string of the molecule is CC(=O)ON1C(=O)CSC1=S. The van der Waals surface area contributed by atoms with Gasteiger partial charge in [-0.25, -0.2) is 4.79 Å². The summed E-state index contributed by atoms with van der Waals surface area (Å²) >= 11 is 5.91. The number of hydroxylamine groups is 2. The third-order valence-corrected chi connectivity index (χ3v) is 2.25. The van der Waals surface area contributed by atoms with Crippen molar-refractivity contribution in [2.45, 2.75) is 6.92 Å². The number of amides is 1. The molecular weight excluding hydrogens is 186 g/mol. The van der Waals surface area contributed by atoms with Crippen LogP contribution in [0.1, 0.15) is 6.92 Å². The van der Waals surface area contributed by atoms with Gasteiger partial charge in [0, 0.05) is 6.92 Å². The van der Waals surface area contributed by atoms with Crippen LogP contribution in [0.4, 0.5) is 0 Å². The number of hydrogen-bond acceptors (Lipinski definition) is 5. The monoisotopic (exact) mass is 191 g/mol. The second kappa shape index (κ2) is 3.19. The first-order valence-electron chi connectivity index (χ1n) is 2.79. The van der Waals surface area contributed by atoms with Gasteiger partial charge in [0.15, 0.2) is 4.32 Å². The molecule has 0 aromatic rings. The molecule has 0 N–H and O–H groups in total. The summed E-state index contributed by atoms with van der Waals surface area (Å²) in [5.74, 6) is -0.565. The van der Waals surface area contributed by atoms with Gasteiger partial charge in [-0.3, -0.25) is 4.79 Å². The van der Waals surface area contributed by atoms with E-state index in [1.807, 2.05) is 0 Å². The Morgan fingerprint density at radius 2 is 2.45 bits per heavy atom. The van der Waals surface area contributed by atoms with E-state index in [0.29, 0.717) is 4.32 Å². The summed E-state index contributed by atoms with van der Waals surface area (Å²) in [5, 5.41) is 0.850. The van der Waals surface area contributed by atoms with Gasteiger partial charge >= 0.3 is 5.97 Å². The fourth-order valence-corrected chi connectivity index (χ4v) is 1.50. The van der Waals surface area contributed by atoms with Crippen molar-refractivity contribution >= 4 is 40.2 Å². The third-order valence-electron chi connectivity index (χ3n) is 0.931. The molecule has 1 rings (SSSR count). The number of thioether (sulfide) groups is 1. The predicted molar refractivity (Wildman–Crippen MR) is 43.7 cm³/mol. The van der Waals surface area contributed by atoms with Crippen molar-refractivity contribution in [3.63, 3.8) is 0 Å². The van der Waals surface area contributed by atoms with Crippen LogP contribution in [-0.4, -0.2) is 27.0 Å². The van der Waals surface area contributed by atoms with Gasteiger partial charge in [-0.2, -0.15) is 0 Å². The average molecular weight is 191 g/mol. The third kappa shape index (κ3) is 1.90. The molecule has 1 aliphatic rings. The average Bonchev–Trinajstić information content (AvgIpc) is 2.18. The first kappa shape index (κ1) is 8.48. The van der Waals surface area contributed by atoms with Crippen molar-refractivity contribution in [1.82, 2.24) is 5.06 Å². The van der Waals surface area contributed by atoms with Crippen LogP contribution < -0.4 is 0 Å². The van der Waals surface area contributed by atoms with Gasteiger partial charge in [-0.15, -0.1) is 5.06 Å². The Kier molecular flexibility index (Phi) is 2.45. The summed E-state index contributed by atoms with van der Waals surface area (Å²) in [4.78, 5) is 25.8. The minimum Gasteiger partial charge on any atom is -0.332 e. The van der Waals surface area contributed by atoms with Gasteiger partial charge in [-0.1, -0.05) is 11.8 Å². The molecule has 0 unspecified atom stereocenters. The van der Waals surface area contributed by atoms with Crippen LogP contribution in [0.15, 0.2) is 0 Å². The lowest BCUT2D eigenvalue weighted by molar-refractivity contribution is -0.177. The van der Waals surface area contributed by atoms with E-state index in [2.05, 4.69) is 4.84 Å². The zero-order valence-corrected chi connectivity index (χ0v) is 7.33. The van der Waals surface area contributed by atoms with Crippen LogP contribution >= 0.6 is 24.0 Å². The fourth-order valence-electron chi connectivity index (χ4n) is 0.559. The second-order valence-corrected chi connectivity index (χ2v) is 3.43. The molecule has 4 nitrogen and oxygen atoms in total. The van der Waals surface area contributed by atoms with E-state index in [4.69, 9.17) is 12.2 Å². The lowest BCUT2D eigenvalue weighted by atomic mass is 10.7. The van der Waals surface area contributed by atoms with Crippen molar-refractivity contribution < 1.29 is 14.4 Å². The minimum absolute atomic E-state index is 0.256. The molecule has 0 aromatic heterocycles. The topological polar surface area (TPSA) is 46.6 Å². The molecule has 1 heterocycles. The van der Waals surface area contributed by atoms with Gasteiger partial charge < -0.3 is 4.84 Å². The molecule has 0 aromatic carbocycles. The summed E-state index contributed by atoms with van der Waals surface area (Å²) in [5.41, 5.74) is 0. The predicted octanol–water partition coefficient (Wildman–Crippen LogP) is 0.325. The number of nitrogens with zero attached hydrogens (tertiary/aromatic N) is 1. The van der Waals surface area contributed by atoms with Crippen LogP contribution in [0.2, 0.25) is 0 Å². The van der Waals surface area contributed by atoms with E-state index < -0.39 is 5.97 Å². The van der Waals surface area contributed by atoms with Crippen LogP contribution in [0, 0.1) is 0 Å². The Balaban J connectivity index is 2.62. The van der Waals surface area contributed by atoms with Crippen molar-refractivity contribution in [3.8, 4) is 0 Å². The van der Waals surface area contributed by atoms with E-state index in [-0.39, 0.29) is 11.7 Å². The van der Waals surface area contributed by atoms with Gasteiger partial charge in [0.1, 0.15) is 0 Å². The van der Waals surface area contributed by atoms with Gasteiger partial charge in [0.05, 0.1) is 5.75 Å². The van der Waals surface area contributed by atoms with Crippen molar-refractivity contribution in [2.24, 2.45) is 0 Å². The summed E-state index contributed by atoms with van der Waals surface area (Å²) < 4.78 is 0.296. The molecule has 0 aliphatic carbocycles. The Labute approximate surface area is 72.8 Å². The number of carbonyl (C=O) groups excluding carboxylic acids is 2. The van der Waals surface area contributed by atoms with Gasteiger partial charge in [0.25, 0.3) is 5.91 Å². The smallest absolute Gasteiger partial charge is 0.330 e. The maximum Gasteiger partial charge on any atom is 0.330 e. The molecule has 0 saturated carbocycles. The highest BCUT2D eigenvalue weighted by Crippen LogP contribution is 2.19. The second-order valence-electron chi connectivity index (χ2n) is 1.83. The van der Waals surface area contributed by atoms with E-state index in [1.54, 1.807) is 0 Å². The molecular formula is C5H5NO3S2. The molecule has 0 bridgehead atoms.